The SMILES string of the molecule is Cc1cccc(C2c3cccn3CCCN2Cc2ccccc2F)c1. The second kappa shape index (κ2) is 6.85. The van der Waals surface area contributed by atoms with E-state index in [4.69, 9.17) is 0 Å². The molecule has 0 saturated carbocycles. The van der Waals surface area contributed by atoms with Gasteiger partial charge in [0.2, 0.25) is 0 Å². The number of fused-ring (bicyclic) bond motifs is 1. The van der Waals surface area contributed by atoms with Crippen molar-refractivity contribution in [3.8, 4) is 0 Å². The smallest absolute Gasteiger partial charge is 0.127 e. The van der Waals surface area contributed by atoms with E-state index in [2.05, 4.69) is 59.0 Å². The number of halogens is 1. The lowest BCUT2D eigenvalue weighted by molar-refractivity contribution is 0.217. The summed E-state index contributed by atoms with van der Waals surface area (Å²) in [6.45, 7) is 4.71. The lowest BCUT2D eigenvalue weighted by atomic mass is 9.99. The van der Waals surface area contributed by atoms with Gasteiger partial charge in [-0.2, -0.15) is 0 Å². The normalized spacial score (nSPS) is 17.9. The van der Waals surface area contributed by atoms with Gasteiger partial charge in [-0.05, 0) is 37.1 Å². The molecule has 0 radical (unpaired) electrons. The highest BCUT2D eigenvalue weighted by Gasteiger charge is 2.27. The Bertz CT molecular complexity index is 868. The summed E-state index contributed by atoms with van der Waals surface area (Å²) in [5.74, 6) is -0.120. The number of aromatic nitrogens is 1. The second-order valence-electron chi connectivity index (χ2n) is 6.86. The summed E-state index contributed by atoms with van der Waals surface area (Å²) in [4.78, 5) is 2.41. The number of rotatable bonds is 3. The predicted octanol–water partition coefficient (Wildman–Crippen LogP) is 4.93. The summed E-state index contributed by atoms with van der Waals surface area (Å²) in [6.07, 6.45) is 3.23. The van der Waals surface area contributed by atoms with E-state index in [0.29, 0.717) is 6.54 Å². The van der Waals surface area contributed by atoms with Crippen LogP contribution in [0.5, 0.6) is 0 Å². The van der Waals surface area contributed by atoms with Gasteiger partial charge in [0.05, 0.1) is 6.04 Å². The van der Waals surface area contributed by atoms with Crippen molar-refractivity contribution in [3.05, 3.63) is 95.1 Å². The molecular weight excluding hydrogens is 311 g/mol. The Balaban J connectivity index is 1.77. The number of aryl methyl sites for hydroxylation is 2. The highest BCUT2D eigenvalue weighted by molar-refractivity contribution is 5.33. The molecule has 3 aromatic rings. The van der Waals surface area contributed by atoms with Crippen LogP contribution in [0, 0.1) is 12.7 Å². The van der Waals surface area contributed by atoms with Gasteiger partial charge in [-0.15, -0.1) is 0 Å². The Kier molecular flexibility index (Phi) is 4.41. The summed E-state index contributed by atoms with van der Waals surface area (Å²) in [6, 6.07) is 20.3. The van der Waals surface area contributed by atoms with Crippen LogP contribution in [0.1, 0.15) is 34.8 Å². The third kappa shape index (κ3) is 3.24. The quantitative estimate of drug-likeness (QED) is 0.659. The van der Waals surface area contributed by atoms with E-state index in [1.54, 1.807) is 12.1 Å². The van der Waals surface area contributed by atoms with Crippen LogP contribution in [0.2, 0.25) is 0 Å². The van der Waals surface area contributed by atoms with Gasteiger partial charge in [0.25, 0.3) is 0 Å². The van der Waals surface area contributed by atoms with Crippen LogP contribution >= 0.6 is 0 Å². The summed E-state index contributed by atoms with van der Waals surface area (Å²) in [5, 5.41) is 0. The minimum atomic E-state index is -0.120. The lowest BCUT2D eigenvalue weighted by Crippen LogP contribution is -2.30. The Morgan fingerprint density at radius 1 is 1.00 bits per heavy atom. The Morgan fingerprint density at radius 3 is 2.72 bits per heavy atom. The van der Waals surface area contributed by atoms with Crippen LogP contribution in [0.15, 0.2) is 66.9 Å². The first-order valence-electron chi connectivity index (χ1n) is 8.91. The van der Waals surface area contributed by atoms with Crippen LogP contribution in [0.3, 0.4) is 0 Å². The van der Waals surface area contributed by atoms with Gasteiger partial charge in [0, 0.05) is 37.1 Å². The average molecular weight is 334 g/mol. The average Bonchev–Trinajstić information content (AvgIpc) is 2.98. The Morgan fingerprint density at radius 2 is 1.88 bits per heavy atom. The monoisotopic (exact) mass is 334 g/mol. The molecular formula is C22H23FN2. The third-order valence-electron chi connectivity index (χ3n) is 5.04. The largest absolute Gasteiger partial charge is 0.350 e. The minimum Gasteiger partial charge on any atom is -0.350 e. The fraction of sp³-hybridized carbons (Fsp3) is 0.273. The number of benzene rings is 2. The molecule has 2 heterocycles. The fourth-order valence-corrected chi connectivity index (χ4v) is 3.88. The van der Waals surface area contributed by atoms with Crippen molar-refractivity contribution in [2.75, 3.05) is 6.54 Å². The standard InChI is InChI=1S/C22H23FN2/c1-17-7-4-9-18(15-17)22-21-11-5-12-24(21)13-6-14-25(22)16-19-8-2-3-10-20(19)23/h2-5,7-12,15,22H,6,13-14,16H2,1H3. The first-order chi connectivity index (χ1) is 12.2. The van der Waals surface area contributed by atoms with E-state index in [0.717, 1.165) is 25.1 Å². The van der Waals surface area contributed by atoms with Crippen LogP contribution in [0.4, 0.5) is 4.39 Å². The molecule has 0 bridgehead atoms. The van der Waals surface area contributed by atoms with E-state index in [-0.39, 0.29) is 11.9 Å². The molecule has 1 unspecified atom stereocenters. The zero-order valence-corrected chi connectivity index (χ0v) is 14.5. The number of nitrogens with zero attached hydrogens (tertiary/aromatic N) is 2. The first-order valence-corrected chi connectivity index (χ1v) is 8.91. The van der Waals surface area contributed by atoms with Gasteiger partial charge in [0.1, 0.15) is 5.82 Å². The van der Waals surface area contributed by atoms with E-state index in [1.165, 1.54) is 16.8 Å². The third-order valence-corrected chi connectivity index (χ3v) is 5.04. The molecule has 2 aromatic carbocycles. The molecule has 0 aliphatic carbocycles. The molecule has 2 nitrogen and oxygen atoms in total. The van der Waals surface area contributed by atoms with Gasteiger partial charge >= 0.3 is 0 Å². The molecule has 1 atom stereocenters. The van der Waals surface area contributed by atoms with Crippen LogP contribution < -0.4 is 0 Å². The molecule has 25 heavy (non-hydrogen) atoms. The summed E-state index contributed by atoms with van der Waals surface area (Å²) in [5.41, 5.74) is 4.59. The van der Waals surface area contributed by atoms with Crippen LogP contribution in [0.25, 0.3) is 0 Å². The molecule has 0 fully saturated rings. The zero-order chi connectivity index (χ0) is 17.2. The van der Waals surface area contributed by atoms with Crippen molar-refractivity contribution in [2.24, 2.45) is 0 Å². The van der Waals surface area contributed by atoms with E-state index in [1.807, 2.05) is 12.1 Å². The van der Waals surface area contributed by atoms with E-state index >= 15 is 0 Å². The molecule has 1 aliphatic heterocycles. The van der Waals surface area contributed by atoms with Crippen molar-refractivity contribution in [2.45, 2.75) is 32.5 Å². The first kappa shape index (κ1) is 16.1. The maximum absolute atomic E-state index is 14.2. The van der Waals surface area contributed by atoms with Gasteiger partial charge in [-0.25, -0.2) is 4.39 Å². The highest BCUT2D eigenvalue weighted by Crippen LogP contribution is 2.33. The molecule has 1 aliphatic rings. The maximum Gasteiger partial charge on any atom is 0.127 e. The number of hydrogen-bond acceptors (Lipinski definition) is 1. The molecule has 4 rings (SSSR count). The van der Waals surface area contributed by atoms with E-state index in [9.17, 15) is 4.39 Å². The Labute approximate surface area is 148 Å². The molecule has 0 N–H and O–H groups in total. The lowest BCUT2D eigenvalue weighted by Gasteiger charge is -2.31. The van der Waals surface area contributed by atoms with Gasteiger partial charge in [-0.1, -0.05) is 48.0 Å². The van der Waals surface area contributed by atoms with Gasteiger partial charge in [0.15, 0.2) is 0 Å². The van der Waals surface area contributed by atoms with Crippen LogP contribution in [-0.4, -0.2) is 16.0 Å². The summed E-state index contributed by atoms with van der Waals surface area (Å²) >= 11 is 0. The molecule has 0 amide bonds. The molecule has 0 saturated heterocycles. The fourth-order valence-electron chi connectivity index (χ4n) is 3.88. The van der Waals surface area contributed by atoms with Crippen molar-refractivity contribution in [1.29, 1.82) is 0 Å². The van der Waals surface area contributed by atoms with Crippen molar-refractivity contribution in [1.82, 2.24) is 9.47 Å². The second-order valence-corrected chi connectivity index (χ2v) is 6.86. The topological polar surface area (TPSA) is 8.17 Å². The number of hydrogen-bond donors (Lipinski definition) is 0. The maximum atomic E-state index is 14.2. The molecule has 128 valence electrons. The zero-order valence-electron chi connectivity index (χ0n) is 14.5. The Hall–Kier alpha value is -2.39. The van der Waals surface area contributed by atoms with Gasteiger partial charge < -0.3 is 4.57 Å². The van der Waals surface area contributed by atoms with Crippen molar-refractivity contribution in [3.63, 3.8) is 0 Å². The highest BCUT2D eigenvalue weighted by atomic mass is 19.1. The predicted molar refractivity (Wildman–Crippen MR) is 98.9 cm³/mol. The molecule has 1 aromatic heterocycles. The minimum absolute atomic E-state index is 0.120. The van der Waals surface area contributed by atoms with Gasteiger partial charge in [-0.3, -0.25) is 4.90 Å². The molecule has 0 spiro atoms. The van der Waals surface area contributed by atoms with Crippen LogP contribution in [-0.2, 0) is 13.1 Å². The summed E-state index contributed by atoms with van der Waals surface area (Å²) in [7, 11) is 0. The van der Waals surface area contributed by atoms with Crippen molar-refractivity contribution >= 4 is 0 Å². The molecule has 3 heteroatoms. The van der Waals surface area contributed by atoms with E-state index < -0.39 is 0 Å². The van der Waals surface area contributed by atoms with Crippen molar-refractivity contribution < 1.29 is 4.39 Å². The summed E-state index contributed by atoms with van der Waals surface area (Å²) < 4.78 is 16.6.